The molecule has 1 rings (SSSR count). The van der Waals surface area contributed by atoms with Crippen LogP contribution in [0.2, 0.25) is 26.2 Å². The number of ether oxygens (including phenoxy) is 2. The highest BCUT2D eigenvalue weighted by atomic mass is 28.4. The van der Waals surface area contributed by atoms with Crippen LogP contribution in [0.1, 0.15) is 6.92 Å². The summed E-state index contributed by atoms with van der Waals surface area (Å²) in [4.78, 5) is 2.51. The van der Waals surface area contributed by atoms with Crippen molar-refractivity contribution in [1.29, 1.82) is 0 Å². The van der Waals surface area contributed by atoms with Gasteiger partial charge in [-0.3, -0.25) is 4.90 Å². The molecule has 2 unspecified atom stereocenters. The molecule has 1 aliphatic rings. The van der Waals surface area contributed by atoms with Gasteiger partial charge in [0, 0.05) is 26.4 Å². The molecule has 0 spiro atoms. The Bertz CT molecular complexity index is 251. The third-order valence-electron chi connectivity index (χ3n) is 3.13. The van der Waals surface area contributed by atoms with E-state index in [4.69, 9.17) is 13.9 Å². The maximum absolute atomic E-state index is 6.18. The van der Waals surface area contributed by atoms with Crippen molar-refractivity contribution in [3.05, 3.63) is 0 Å². The first-order valence-corrected chi connectivity index (χ1v) is 13.0. The topological polar surface area (TPSA) is 30.9 Å². The lowest BCUT2D eigenvalue weighted by atomic mass is 10.3. The Kier molecular flexibility index (Phi) is 6.50. The van der Waals surface area contributed by atoms with Crippen molar-refractivity contribution in [3.63, 3.8) is 0 Å². The van der Waals surface area contributed by atoms with Crippen LogP contribution in [0, 0.1) is 0 Å². The molecule has 1 aliphatic heterocycles. The van der Waals surface area contributed by atoms with Gasteiger partial charge in [-0.25, -0.2) is 0 Å². The molecule has 0 aromatic rings. The predicted octanol–water partition coefficient (Wildman–Crippen LogP) is 1.47. The average molecular weight is 292 g/mol. The van der Waals surface area contributed by atoms with Crippen LogP contribution in [0.3, 0.4) is 0 Å². The standard InChI is InChI=1S/C12H29NO3Si2/c1-7-15-12(17(3)4)13-8-11(9-14-2)16-18(5,6)10-13/h11-12,17H,7-10H2,1-6H3. The SMILES string of the molecule is CCOC(N1CC(COC)O[Si](C)(C)C1)[SiH](C)C. The van der Waals surface area contributed by atoms with Gasteiger partial charge in [-0.1, -0.05) is 13.1 Å². The molecule has 0 N–H and O–H groups in total. The highest BCUT2D eigenvalue weighted by molar-refractivity contribution is 6.71. The first-order valence-electron chi connectivity index (χ1n) is 6.92. The second-order valence-corrected chi connectivity index (χ2v) is 13.1. The lowest BCUT2D eigenvalue weighted by molar-refractivity contribution is -0.0448. The van der Waals surface area contributed by atoms with Crippen LogP contribution in [0.4, 0.5) is 0 Å². The molecular formula is C12H29NO3Si2. The Hall–Kier alpha value is 0.274. The van der Waals surface area contributed by atoms with Crippen molar-refractivity contribution >= 4 is 17.1 Å². The largest absolute Gasteiger partial charge is 0.410 e. The summed E-state index contributed by atoms with van der Waals surface area (Å²) in [6, 6.07) is 0. The molecule has 1 saturated heterocycles. The maximum Gasteiger partial charge on any atom is 0.201 e. The minimum atomic E-state index is -1.60. The summed E-state index contributed by atoms with van der Waals surface area (Å²) in [5, 5.41) is 0. The van der Waals surface area contributed by atoms with E-state index in [2.05, 4.69) is 38.0 Å². The molecule has 0 aromatic heterocycles. The normalized spacial score (nSPS) is 26.5. The number of nitrogens with zero attached hydrogens (tertiary/aromatic N) is 1. The molecule has 0 saturated carbocycles. The molecule has 0 radical (unpaired) electrons. The molecule has 18 heavy (non-hydrogen) atoms. The van der Waals surface area contributed by atoms with Crippen molar-refractivity contribution in [2.45, 2.75) is 45.1 Å². The minimum Gasteiger partial charge on any atom is -0.410 e. The number of hydrogen-bond donors (Lipinski definition) is 0. The van der Waals surface area contributed by atoms with E-state index in [0.717, 1.165) is 19.3 Å². The molecule has 0 aliphatic carbocycles. The highest BCUT2D eigenvalue weighted by Crippen LogP contribution is 2.21. The number of rotatable bonds is 6. The summed E-state index contributed by atoms with van der Waals surface area (Å²) in [6.07, 6.45) is 1.28. The predicted molar refractivity (Wildman–Crippen MR) is 80.1 cm³/mol. The second kappa shape index (κ2) is 7.16. The van der Waals surface area contributed by atoms with Crippen LogP contribution in [0.15, 0.2) is 0 Å². The van der Waals surface area contributed by atoms with Crippen molar-refractivity contribution in [2.24, 2.45) is 0 Å². The van der Waals surface area contributed by atoms with Crippen molar-refractivity contribution in [2.75, 3.05) is 33.0 Å². The summed E-state index contributed by atoms with van der Waals surface area (Å²) in [7, 11) is -0.711. The van der Waals surface area contributed by atoms with E-state index in [0.29, 0.717) is 12.5 Å². The molecular weight excluding hydrogens is 262 g/mol. The first kappa shape index (κ1) is 16.3. The summed E-state index contributed by atoms with van der Waals surface area (Å²) >= 11 is 0. The summed E-state index contributed by atoms with van der Waals surface area (Å²) in [5.74, 6) is 0.338. The van der Waals surface area contributed by atoms with Gasteiger partial charge in [-0.05, 0) is 20.0 Å². The Balaban J connectivity index is 2.72. The quantitative estimate of drug-likeness (QED) is 0.694. The zero-order valence-corrected chi connectivity index (χ0v) is 14.9. The molecule has 2 atom stereocenters. The Labute approximate surface area is 114 Å². The van der Waals surface area contributed by atoms with E-state index in [1.165, 1.54) is 0 Å². The van der Waals surface area contributed by atoms with Crippen molar-refractivity contribution < 1.29 is 13.9 Å². The van der Waals surface area contributed by atoms with Gasteiger partial charge in [-0.2, -0.15) is 0 Å². The van der Waals surface area contributed by atoms with Gasteiger partial charge in [0.15, 0.2) is 0 Å². The molecule has 1 fully saturated rings. The van der Waals surface area contributed by atoms with Gasteiger partial charge < -0.3 is 13.9 Å². The van der Waals surface area contributed by atoms with Crippen molar-refractivity contribution in [3.8, 4) is 0 Å². The van der Waals surface area contributed by atoms with E-state index in [1.807, 2.05) is 0 Å². The van der Waals surface area contributed by atoms with Gasteiger partial charge in [0.1, 0.15) is 0 Å². The fourth-order valence-corrected chi connectivity index (χ4v) is 6.96. The second-order valence-electron chi connectivity index (χ2n) is 5.97. The Morgan fingerprint density at radius 1 is 1.44 bits per heavy atom. The zero-order valence-electron chi connectivity index (χ0n) is 12.7. The molecule has 108 valence electrons. The van der Waals surface area contributed by atoms with Crippen LogP contribution in [-0.2, 0) is 13.9 Å². The lowest BCUT2D eigenvalue weighted by Gasteiger charge is -2.45. The van der Waals surface area contributed by atoms with E-state index >= 15 is 0 Å². The lowest BCUT2D eigenvalue weighted by Crippen LogP contribution is -2.62. The number of methoxy groups -OCH3 is 1. The summed E-state index contributed by atoms with van der Waals surface area (Å²) in [5.41, 5.74) is 0. The molecule has 0 bridgehead atoms. The van der Waals surface area contributed by atoms with Crippen LogP contribution in [0.5, 0.6) is 0 Å². The van der Waals surface area contributed by atoms with Gasteiger partial charge in [0.2, 0.25) is 8.32 Å². The fourth-order valence-electron chi connectivity index (χ4n) is 2.70. The summed E-state index contributed by atoms with van der Waals surface area (Å²) < 4.78 is 17.4. The Morgan fingerprint density at radius 2 is 2.11 bits per heavy atom. The van der Waals surface area contributed by atoms with Gasteiger partial charge in [0.25, 0.3) is 0 Å². The third kappa shape index (κ3) is 4.75. The third-order valence-corrected chi connectivity index (χ3v) is 7.02. The van der Waals surface area contributed by atoms with Crippen molar-refractivity contribution in [1.82, 2.24) is 4.90 Å². The molecule has 6 heteroatoms. The van der Waals surface area contributed by atoms with E-state index in [1.54, 1.807) is 7.11 Å². The Morgan fingerprint density at radius 3 is 2.61 bits per heavy atom. The molecule has 0 aromatic carbocycles. The first-order chi connectivity index (χ1) is 8.39. The van der Waals surface area contributed by atoms with Crippen LogP contribution in [0.25, 0.3) is 0 Å². The zero-order chi connectivity index (χ0) is 13.8. The fraction of sp³-hybridized carbons (Fsp3) is 1.00. The van der Waals surface area contributed by atoms with Gasteiger partial charge >= 0.3 is 0 Å². The average Bonchev–Trinajstić information content (AvgIpc) is 2.23. The molecule has 4 nitrogen and oxygen atoms in total. The van der Waals surface area contributed by atoms with E-state index in [-0.39, 0.29) is 6.10 Å². The maximum atomic E-state index is 6.18. The molecule has 1 heterocycles. The van der Waals surface area contributed by atoms with Crippen LogP contribution in [-0.4, -0.2) is 67.0 Å². The van der Waals surface area contributed by atoms with E-state index < -0.39 is 17.1 Å². The van der Waals surface area contributed by atoms with Gasteiger partial charge in [-0.15, -0.1) is 0 Å². The van der Waals surface area contributed by atoms with Gasteiger partial charge in [0.05, 0.1) is 27.4 Å². The highest BCUT2D eigenvalue weighted by Gasteiger charge is 2.39. The summed E-state index contributed by atoms with van der Waals surface area (Å²) in [6.45, 7) is 13.8. The smallest absolute Gasteiger partial charge is 0.201 e. The number of hydrogen-bond acceptors (Lipinski definition) is 4. The minimum absolute atomic E-state index is 0.209. The monoisotopic (exact) mass is 291 g/mol. The van der Waals surface area contributed by atoms with E-state index in [9.17, 15) is 0 Å². The molecule has 0 amide bonds. The van der Waals surface area contributed by atoms with Crippen LogP contribution >= 0.6 is 0 Å². The van der Waals surface area contributed by atoms with Crippen LogP contribution < -0.4 is 0 Å².